The largest absolute Gasteiger partial charge is 0.312 e. The summed E-state index contributed by atoms with van der Waals surface area (Å²) in [7, 11) is -2.79. The van der Waals surface area contributed by atoms with Crippen molar-refractivity contribution in [3.8, 4) is 0 Å². The Labute approximate surface area is 92.6 Å². The Bertz CT molecular complexity index is 293. The van der Waals surface area contributed by atoms with Gasteiger partial charge >= 0.3 is 0 Å². The van der Waals surface area contributed by atoms with Crippen molar-refractivity contribution >= 4 is 9.84 Å². The first-order valence-corrected chi connectivity index (χ1v) is 7.88. The van der Waals surface area contributed by atoms with E-state index in [-0.39, 0.29) is 5.75 Å². The third kappa shape index (κ3) is 3.45. The van der Waals surface area contributed by atoms with Crippen LogP contribution in [0.5, 0.6) is 0 Å². The molecule has 0 radical (unpaired) electrons. The molecule has 0 heterocycles. The molecule has 0 aromatic rings. The molecular weight excluding hydrogens is 210 g/mol. The van der Waals surface area contributed by atoms with Crippen LogP contribution in [0.3, 0.4) is 0 Å². The first-order chi connectivity index (χ1) is 7.12. The first kappa shape index (κ1) is 11.4. The van der Waals surface area contributed by atoms with Crippen LogP contribution < -0.4 is 5.32 Å². The van der Waals surface area contributed by atoms with Crippen molar-refractivity contribution in [1.82, 2.24) is 5.32 Å². The van der Waals surface area contributed by atoms with E-state index < -0.39 is 9.84 Å². The van der Waals surface area contributed by atoms with E-state index in [1.807, 2.05) is 0 Å². The number of hydrogen-bond acceptors (Lipinski definition) is 3. The second kappa shape index (κ2) is 4.42. The highest BCUT2D eigenvalue weighted by atomic mass is 32.2. The molecule has 15 heavy (non-hydrogen) atoms. The third-order valence-corrected chi connectivity index (χ3v) is 5.20. The van der Waals surface area contributed by atoms with Gasteiger partial charge in [0.15, 0.2) is 9.84 Å². The zero-order valence-electron chi connectivity index (χ0n) is 9.41. The van der Waals surface area contributed by atoms with E-state index in [9.17, 15) is 8.42 Å². The Hall–Kier alpha value is -0.0900. The maximum Gasteiger partial charge on any atom is 0.151 e. The predicted molar refractivity (Wildman–Crippen MR) is 61.6 cm³/mol. The van der Waals surface area contributed by atoms with Gasteiger partial charge in [-0.25, -0.2) is 8.42 Å². The standard InChI is InChI=1S/C11H21NO2S/c1-2-15(13,14)8-7-12-11(9-3-4-9)10-5-6-10/h9-12H,2-8H2,1H3. The second-order valence-corrected chi connectivity index (χ2v) is 7.36. The average molecular weight is 231 g/mol. The summed E-state index contributed by atoms with van der Waals surface area (Å²) in [6.45, 7) is 2.36. The zero-order valence-corrected chi connectivity index (χ0v) is 10.2. The van der Waals surface area contributed by atoms with Gasteiger partial charge in [-0.15, -0.1) is 0 Å². The van der Waals surface area contributed by atoms with Gasteiger partial charge in [-0.05, 0) is 37.5 Å². The summed E-state index contributed by atoms with van der Waals surface area (Å²) >= 11 is 0. The summed E-state index contributed by atoms with van der Waals surface area (Å²) in [5.41, 5.74) is 0. The van der Waals surface area contributed by atoms with E-state index in [1.165, 1.54) is 25.7 Å². The van der Waals surface area contributed by atoms with Crippen molar-refractivity contribution < 1.29 is 8.42 Å². The summed E-state index contributed by atoms with van der Waals surface area (Å²) in [5, 5.41) is 3.45. The highest BCUT2D eigenvalue weighted by molar-refractivity contribution is 7.91. The monoisotopic (exact) mass is 231 g/mol. The molecule has 2 rings (SSSR count). The molecule has 0 atom stereocenters. The van der Waals surface area contributed by atoms with Gasteiger partial charge < -0.3 is 5.32 Å². The molecule has 0 aromatic heterocycles. The van der Waals surface area contributed by atoms with Crippen molar-refractivity contribution in [1.29, 1.82) is 0 Å². The van der Waals surface area contributed by atoms with Crippen LogP contribution in [0.4, 0.5) is 0 Å². The number of rotatable bonds is 7. The number of hydrogen-bond donors (Lipinski definition) is 1. The minimum absolute atomic E-state index is 0.270. The van der Waals surface area contributed by atoms with Gasteiger partial charge in [-0.3, -0.25) is 0 Å². The number of sulfone groups is 1. The van der Waals surface area contributed by atoms with Crippen molar-refractivity contribution in [2.24, 2.45) is 11.8 Å². The summed E-state index contributed by atoms with van der Waals surface area (Å²) in [4.78, 5) is 0. The molecule has 0 spiro atoms. The van der Waals surface area contributed by atoms with E-state index >= 15 is 0 Å². The molecule has 88 valence electrons. The normalized spacial score (nSPS) is 22.3. The van der Waals surface area contributed by atoms with Gasteiger partial charge in [0.25, 0.3) is 0 Å². The lowest BCUT2D eigenvalue weighted by Gasteiger charge is -2.17. The molecule has 2 fully saturated rings. The SMILES string of the molecule is CCS(=O)(=O)CCNC(C1CC1)C1CC1. The molecule has 1 N–H and O–H groups in total. The summed E-state index contributed by atoms with van der Waals surface area (Å²) in [5.74, 6) is 2.27. The maximum atomic E-state index is 11.3. The van der Waals surface area contributed by atoms with Crippen LogP contribution >= 0.6 is 0 Å². The topological polar surface area (TPSA) is 46.2 Å². The van der Waals surface area contributed by atoms with E-state index in [0.29, 0.717) is 18.3 Å². The number of nitrogens with one attached hydrogen (secondary N) is 1. The minimum atomic E-state index is -2.79. The highest BCUT2D eigenvalue weighted by Crippen LogP contribution is 2.44. The lowest BCUT2D eigenvalue weighted by Crippen LogP contribution is -2.36. The Morgan fingerprint density at radius 3 is 2.13 bits per heavy atom. The van der Waals surface area contributed by atoms with Gasteiger partial charge in [-0.2, -0.15) is 0 Å². The zero-order chi connectivity index (χ0) is 10.9. The lowest BCUT2D eigenvalue weighted by molar-refractivity contribution is 0.427. The Morgan fingerprint density at radius 2 is 1.73 bits per heavy atom. The van der Waals surface area contributed by atoms with Crippen LogP contribution in [0.25, 0.3) is 0 Å². The predicted octanol–water partition coefficient (Wildman–Crippen LogP) is 1.20. The van der Waals surface area contributed by atoms with Crippen LogP contribution in [0.2, 0.25) is 0 Å². The summed E-state index contributed by atoms with van der Waals surface area (Å²) < 4.78 is 22.6. The highest BCUT2D eigenvalue weighted by Gasteiger charge is 2.40. The van der Waals surface area contributed by atoms with E-state index in [4.69, 9.17) is 0 Å². The van der Waals surface area contributed by atoms with Crippen LogP contribution in [-0.4, -0.2) is 32.5 Å². The molecule has 2 saturated carbocycles. The van der Waals surface area contributed by atoms with Crippen LogP contribution in [-0.2, 0) is 9.84 Å². The first-order valence-electron chi connectivity index (χ1n) is 6.06. The molecule has 2 aliphatic rings. The van der Waals surface area contributed by atoms with Crippen molar-refractivity contribution in [3.63, 3.8) is 0 Å². The molecule has 3 nitrogen and oxygen atoms in total. The van der Waals surface area contributed by atoms with Crippen molar-refractivity contribution in [2.45, 2.75) is 38.6 Å². The fourth-order valence-corrected chi connectivity index (χ4v) is 2.87. The molecule has 0 unspecified atom stereocenters. The van der Waals surface area contributed by atoms with Crippen LogP contribution in [0.1, 0.15) is 32.6 Å². The molecule has 4 heteroatoms. The quantitative estimate of drug-likeness (QED) is 0.716. The Kier molecular flexibility index (Phi) is 3.36. The summed E-state index contributed by atoms with van der Waals surface area (Å²) in [6.07, 6.45) is 5.37. The lowest BCUT2D eigenvalue weighted by atomic mass is 10.1. The van der Waals surface area contributed by atoms with Crippen molar-refractivity contribution in [3.05, 3.63) is 0 Å². The van der Waals surface area contributed by atoms with E-state index in [2.05, 4.69) is 5.32 Å². The maximum absolute atomic E-state index is 11.3. The fourth-order valence-electron chi connectivity index (χ4n) is 2.15. The Morgan fingerprint density at radius 1 is 1.20 bits per heavy atom. The average Bonchev–Trinajstić information content (AvgIpc) is 3.01. The van der Waals surface area contributed by atoms with Gasteiger partial charge in [-0.1, -0.05) is 6.92 Å². The van der Waals surface area contributed by atoms with Gasteiger partial charge in [0, 0.05) is 18.3 Å². The Balaban J connectivity index is 1.71. The molecule has 0 aliphatic heterocycles. The van der Waals surface area contributed by atoms with Gasteiger partial charge in [0.1, 0.15) is 0 Å². The van der Waals surface area contributed by atoms with Crippen LogP contribution in [0.15, 0.2) is 0 Å². The van der Waals surface area contributed by atoms with Gasteiger partial charge in [0.05, 0.1) is 5.75 Å². The molecular formula is C11H21NO2S. The van der Waals surface area contributed by atoms with E-state index in [1.54, 1.807) is 6.92 Å². The van der Waals surface area contributed by atoms with Crippen molar-refractivity contribution in [2.75, 3.05) is 18.1 Å². The molecule has 0 saturated heterocycles. The smallest absolute Gasteiger partial charge is 0.151 e. The second-order valence-electron chi connectivity index (χ2n) is 4.89. The summed E-state index contributed by atoms with van der Waals surface area (Å²) in [6, 6.07) is 0.622. The van der Waals surface area contributed by atoms with Gasteiger partial charge in [0.2, 0.25) is 0 Å². The third-order valence-electron chi connectivity index (χ3n) is 3.49. The minimum Gasteiger partial charge on any atom is -0.312 e. The molecule has 0 amide bonds. The fraction of sp³-hybridized carbons (Fsp3) is 1.00. The van der Waals surface area contributed by atoms with E-state index in [0.717, 1.165) is 11.8 Å². The van der Waals surface area contributed by atoms with Crippen LogP contribution in [0, 0.1) is 11.8 Å². The molecule has 2 aliphatic carbocycles. The molecule has 0 bridgehead atoms. The molecule has 0 aromatic carbocycles.